The maximum atomic E-state index is 4.44. The van der Waals surface area contributed by atoms with Crippen molar-refractivity contribution in [1.29, 1.82) is 0 Å². The van der Waals surface area contributed by atoms with Crippen LogP contribution in [0.5, 0.6) is 0 Å². The smallest absolute Gasteiger partial charge is 0.130 e. The summed E-state index contributed by atoms with van der Waals surface area (Å²) in [6, 6.07) is 5.79. The molecule has 0 atom stereocenters. The van der Waals surface area contributed by atoms with Gasteiger partial charge in [0.2, 0.25) is 0 Å². The normalized spacial score (nSPS) is 10.3. The van der Waals surface area contributed by atoms with Crippen LogP contribution in [0.2, 0.25) is 0 Å². The Morgan fingerprint density at radius 1 is 1.33 bits per heavy atom. The molecule has 0 fully saturated rings. The summed E-state index contributed by atoms with van der Waals surface area (Å²) in [6.45, 7) is 2.04. The van der Waals surface area contributed by atoms with Crippen molar-refractivity contribution >= 4 is 15.9 Å². The van der Waals surface area contributed by atoms with E-state index >= 15 is 0 Å². The lowest BCUT2D eigenvalue weighted by molar-refractivity contribution is 0.931. The zero-order valence-corrected chi connectivity index (χ0v) is 9.90. The minimum absolute atomic E-state index is 0.813. The van der Waals surface area contributed by atoms with Crippen LogP contribution in [0.1, 0.15) is 12.7 Å². The van der Waals surface area contributed by atoms with Crippen LogP contribution in [0.4, 0.5) is 0 Å². The quantitative estimate of drug-likeness (QED) is 0.783. The Hall–Kier alpha value is -1.29. The van der Waals surface area contributed by atoms with E-state index in [1.165, 1.54) is 0 Å². The summed E-state index contributed by atoms with van der Waals surface area (Å²) in [6.07, 6.45) is 4.38. The van der Waals surface area contributed by atoms with E-state index in [4.69, 9.17) is 0 Å². The molecule has 2 heterocycles. The topological polar surface area (TPSA) is 38.7 Å². The van der Waals surface area contributed by atoms with Crippen molar-refractivity contribution in [2.24, 2.45) is 0 Å². The number of aryl methyl sites for hydroxylation is 1. The van der Waals surface area contributed by atoms with Crippen molar-refractivity contribution in [2.45, 2.75) is 13.3 Å². The highest BCUT2D eigenvalue weighted by Crippen LogP contribution is 2.19. The van der Waals surface area contributed by atoms with Crippen LogP contribution < -0.4 is 0 Å². The van der Waals surface area contributed by atoms with E-state index in [-0.39, 0.29) is 0 Å². The second-order valence-electron chi connectivity index (χ2n) is 3.09. The molecule has 2 aromatic heterocycles. The first-order valence-electron chi connectivity index (χ1n) is 4.73. The fraction of sp³-hybridized carbons (Fsp3) is 0.182. The van der Waals surface area contributed by atoms with Gasteiger partial charge in [0.15, 0.2) is 0 Å². The van der Waals surface area contributed by atoms with Crippen LogP contribution in [0.15, 0.2) is 35.2 Å². The molecule has 4 heteroatoms. The number of pyridine rings is 1. The van der Waals surface area contributed by atoms with Crippen LogP contribution in [-0.4, -0.2) is 15.0 Å². The van der Waals surface area contributed by atoms with E-state index in [1.54, 1.807) is 12.4 Å². The summed E-state index contributed by atoms with van der Waals surface area (Å²) in [5.41, 5.74) is 1.91. The van der Waals surface area contributed by atoms with Crippen molar-refractivity contribution in [1.82, 2.24) is 15.0 Å². The highest BCUT2D eigenvalue weighted by Gasteiger charge is 2.03. The number of rotatable bonds is 2. The van der Waals surface area contributed by atoms with E-state index in [0.29, 0.717) is 0 Å². The molecule has 0 spiro atoms. The Kier molecular flexibility index (Phi) is 3.06. The van der Waals surface area contributed by atoms with Gasteiger partial charge >= 0.3 is 0 Å². The monoisotopic (exact) mass is 263 g/mol. The molecule has 0 N–H and O–H groups in total. The summed E-state index contributed by atoms with van der Waals surface area (Å²) in [5.74, 6) is 0.836. The SMILES string of the molecule is CCc1nc(Br)cc(-c2cccnc2)n1. The van der Waals surface area contributed by atoms with Gasteiger partial charge in [-0.3, -0.25) is 4.98 Å². The van der Waals surface area contributed by atoms with Crippen LogP contribution >= 0.6 is 15.9 Å². The third kappa shape index (κ3) is 2.39. The van der Waals surface area contributed by atoms with Gasteiger partial charge in [0.05, 0.1) is 5.69 Å². The van der Waals surface area contributed by atoms with Crippen LogP contribution in [0.3, 0.4) is 0 Å². The molecule has 15 heavy (non-hydrogen) atoms. The molecule has 2 rings (SSSR count). The molecule has 0 aliphatic carbocycles. The number of nitrogens with zero attached hydrogens (tertiary/aromatic N) is 3. The maximum absolute atomic E-state index is 4.44. The Labute approximate surface area is 96.7 Å². The summed E-state index contributed by atoms with van der Waals surface area (Å²) < 4.78 is 0.813. The predicted molar refractivity (Wildman–Crippen MR) is 62.3 cm³/mol. The largest absolute Gasteiger partial charge is 0.264 e. The lowest BCUT2D eigenvalue weighted by Crippen LogP contribution is -1.95. The van der Waals surface area contributed by atoms with Gasteiger partial charge in [0.1, 0.15) is 10.4 Å². The van der Waals surface area contributed by atoms with Gasteiger partial charge in [-0.05, 0) is 34.1 Å². The zero-order valence-electron chi connectivity index (χ0n) is 8.31. The Morgan fingerprint density at radius 2 is 2.20 bits per heavy atom. The van der Waals surface area contributed by atoms with Crippen molar-refractivity contribution < 1.29 is 0 Å². The van der Waals surface area contributed by atoms with E-state index in [9.17, 15) is 0 Å². The van der Waals surface area contributed by atoms with E-state index < -0.39 is 0 Å². The molecule has 0 aromatic carbocycles. The Morgan fingerprint density at radius 3 is 2.87 bits per heavy atom. The van der Waals surface area contributed by atoms with Crippen molar-refractivity contribution in [3.05, 3.63) is 41.0 Å². The van der Waals surface area contributed by atoms with E-state index in [1.807, 2.05) is 25.1 Å². The summed E-state index contributed by atoms with van der Waals surface area (Å²) in [7, 11) is 0. The molecule has 0 radical (unpaired) electrons. The molecule has 0 saturated heterocycles. The van der Waals surface area contributed by atoms with Gasteiger partial charge in [0.25, 0.3) is 0 Å². The lowest BCUT2D eigenvalue weighted by Gasteiger charge is -2.03. The molecule has 0 bridgehead atoms. The average molecular weight is 264 g/mol. The van der Waals surface area contributed by atoms with Crippen molar-refractivity contribution in [3.8, 4) is 11.3 Å². The third-order valence-corrected chi connectivity index (χ3v) is 2.42. The van der Waals surface area contributed by atoms with Crippen molar-refractivity contribution in [2.75, 3.05) is 0 Å². The van der Waals surface area contributed by atoms with Gasteiger partial charge in [-0.25, -0.2) is 9.97 Å². The highest BCUT2D eigenvalue weighted by molar-refractivity contribution is 9.10. The minimum atomic E-state index is 0.813. The second kappa shape index (κ2) is 4.49. The fourth-order valence-electron chi connectivity index (χ4n) is 1.28. The lowest BCUT2D eigenvalue weighted by atomic mass is 10.2. The van der Waals surface area contributed by atoms with Gasteiger partial charge in [-0.2, -0.15) is 0 Å². The van der Waals surface area contributed by atoms with Gasteiger partial charge < -0.3 is 0 Å². The first-order chi connectivity index (χ1) is 7.29. The van der Waals surface area contributed by atoms with E-state index in [2.05, 4.69) is 30.9 Å². The molecule has 0 amide bonds. The molecular weight excluding hydrogens is 254 g/mol. The van der Waals surface area contributed by atoms with Gasteiger partial charge in [-0.15, -0.1) is 0 Å². The molecule has 76 valence electrons. The predicted octanol–water partition coefficient (Wildman–Crippen LogP) is 2.86. The van der Waals surface area contributed by atoms with Gasteiger partial charge in [-0.1, -0.05) is 6.92 Å². The number of hydrogen-bond acceptors (Lipinski definition) is 3. The summed E-state index contributed by atoms with van der Waals surface area (Å²) >= 11 is 3.38. The van der Waals surface area contributed by atoms with Crippen molar-refractivity contribution in [3.63, 3.8) is 0 Å². The Balaban J connectivity index is 2.49. The zero-order chi connectivity index (χ0) is 10.7. The number of halogens is 1. The first kappa shape index (κ1) is 10.2. The fourth-order valence-corrected chi connectivity index (χ4v) is 1.71. The Bertz CT molecular complexity index is 457. The molecule has 2 aromatic rings. The molecular formula is C11H10BrN3. The van der Waals surface area contributed by atoms with Gasteiger partial charge in [0, 0.05) is 24.4 Å². The summed E-state index contributed by atoms with van der Waals surface area (Å²) in [5, 5.41) is 0. The number of aromatic nitrogens is 3. The standard InChI is InChI=1S/C11H10BrN3/c1-2-11-14-9(6-10(12)15-11)8-4-3-5-13-7-8/h3-7H,2H2,1H3. The third-order valence-electron chi connectivity index (χ3n) is 2.01. The maximum Gasteiger partial charge on any atom is 0.130 e. The van der Waals surface area contributed by atoms with Crippen LogP contribution in [0, 0.1) is 0 Å². The van der Waals surface area contributed by atoms with Crippen LogP contribution in [-0.2, 0) is 6.42 Å². The molecule has 0 saturated carbocycles. The van der Waals surface area contributed by atoms with Crippen LogP contribution in [0.25, 0.3) is 11.3 Å². The molecule has 0 aliphatic rings. The minimum Gasteiger partial charge on any atom is -0.264 e. The van der Waals surface area contributed by atoms with E-state index in [0.717, 1.165) is 28.1 Å². The number of hydrogen-bond donors (Lipinski definition) is 0. The molecule has 3 nitrogen and oxygen atoms in total. The molecule has 0 aliphatic heterocycles. The average Bonchev–Trinajstić information content (AvgIpc) is 2.29. The second-order valence-corrected chi connectivity index (χ2v) is 3.90. The molecule has 0 unspecified atom stereocenters. The highest BCUT2D eigenvalue weighted by atomic mass is 79.9. The first-order valence-corrected chi connectivity index (χ1v) is 5.52. The summed E-state index contributed by atoms with van der Waals surface area (Å²) in [4.78, 5) is 12.8.